The van der Waals surface area contributed by atoms with Gasteiger partial charge in [0, 0.05) is 13.1 Å². The van der Waals surface area contributed by atoms with Crippen LogP contribution in [0.15, 0.2) is 0 Å². The van der Waals surface area contributed by atoms with Gasteiger partial charge < -0.3 is 14.7 Å². The number of carbonyl (C=O) groups excluding carboxylic acids is 1. The van der Waals surface area contributed by atoms with Crippen LogP contribution in [0.3, 0.4) is 0 Å². The lowest BCUT2D eigenvalue weighted by molar-refractivity contribution is -0.141. The van der Waals surface area contributed by atoms with Gasteiger partial charge in [0.05, 0.1) is 31.1 Å². The van der Waals surface area contributed by atoms with Gasteiger partial charge in [0.1, 0.15) is 0 Å². The zero-order valence-corrected chi connectivity index (χ0v) is 12.1. The fraction of sp³-hybridized carbons (Fsp3) is 0.909. The molecular formula is C11H22N2O5S. The Morgan fingerprint density at radius 3 is 2.84 bits per heavy atom. The molecule has 8 heteroatoms. The Bertz CT molecular complexity index is 398. The lowest BCUT2D eigenvalue weighted by atomic mass is 10.2. The number of carbonyl (C=O) groups is 1. The minimum atomic E-state index is -3.41. The maximum Gasteiger partial charge on any atom is 0.240 e. The molecule has 19 heavy (non-hydrogen) atoms. The summed E-state index contributed by atoms with van der Waals surface area (Å²) in [7, 11) is -3.41. The topological polar surface area (TPSA) is 95.9 Å². The van der Waals surface area contributed by atoms with Crippen molar-refractivity contribution in [2.45, 2.75) is 32.4 Å². The number of hydrogen-bond acceptors (Lipinski definition) is 5. The second kappa shape index (κ2) is 7.18. The van der Waals surface area contributed by atoms with Crippen LogP contribution in [0.4, 0.5) is 0 Å². The maximum absolute atomic E-state index is 12.1. The number of ether oxygens (including phenoxy) is 1. The standard InChI is InChI=1S/C11H22N2O5S/c1-3-6-19(16,17)12-9(2)11(15)13-4-5-18-10(7-13)8-14/h9-10,12,14H,3-8H2,1-2H3. The van der Waals surface area contributed by atoms with Gasteiger partial charge in [-0.25, -0.2) is 13.1 Å². The fourth-order valence-corrected chi connectivity index (χ4v) is 3.25. The van der Waals surface area contributed by atoms with E-state index in [1.165, 1.54) is 11.8 Å². The highest BCUT2D eigenvalue weighted by atomic mass is 32.2. The zero-order valence-electron chi connectivity index (χ0n) is 11.3. The number of hydrogen-bond donors (Lipinski definition) is 2. The predicted molar refractivity (Wildman–Crippen MR) is 70.1 cm³/mol. The molecule has 2 N–H and O–H groups in total. The van der Waals surface area contributed by atoms with Gasteiger partial charge in [0.2, 0.25) is 15.9 Å². The number of amides is 1. The van der Waals surface area contributed by atoms with Crippen LogP contribution in [0.2, 0.25) is 0 Å². The van der Waals surface area contributed by atoms with Crippen molar-refractivity contribution in [3.8, 4) is 0 Å². The van der Waals surface area contributed by atoms with Crippen molar-refractivity contribution < 1.29 is 23.1 Å². The molecule has 2 unspecified atom stereocenters. The van der Waals surface area contributed by atoms with Crippen LogP contribution >= 0.6 is 0 Å². The highest BCUT2D eigenvalue weighted by Gasteiger charge is 2.28. The summed E-state index contributed by atoms with van der Waals surface area (Å²) in [6.45, 7) is 4.19. The molecular weight excluding hydrogens is 272 g/mol. The highest BCUT2D eigenvalue weighted by Crippen LogP contribution is 2.07. The van der Waals surface area contributed by atoms with E-state index < -0.39 is 22.2 Å². The molecule has 0 aliphatic carbocycles. The van der Waals surface area contributed by atoms with Gasteiger partial charge in [-0.1, -0.05) is 6.92 Å². The molecule has 1 rings (SSSR count). The molecule has 112 valence electrons. The van der Waals surface area contributed by atoms with E-state index in [1.807, 2.05) is 0 Å². The van der Waals surface area contributed by atoms with Gasteiger partial charge in [0.15, 0.2) is 0 Å². The number of nitrogens with one attached hydrogen (secondary N) is 1. The number of aliphatic hydroxyl groups is 1. The first-order valence-electron chi connectivity index (χ1n) is 6.41. The molecule has 2 atom stereocenters. The lowest BCUT2D eigenvalue weighted by Gasteiger charge is -2.33. The van der Waals surface area contributed by atoms with Crippen molar-refractivity contribution in [1.82, 2.24) is 9.62 Å². The largest absolute Gasteiger partial charge is 0.394 e. The van der Waals surface area contributed by atoms with Crippen molar-refractivity contribution in [2.75, 3.05) is 32.1 Å². The second-order valence-electron chi connectivity index (χ2n) is 4.62. The minimum absolute atomic E-state index is 0.00694. The molecule has 0 radical (unpaired) electrons. The van der Waals surface area contributed by atoms with E-state index in [2.05, 4.69) is 4.72 Å². The van der Waals surface area contributed by atoms with E-state index in [0.717, 1.165) is 0 Å². The van der Waals surface area contributed by atoms with Crippen LogP contribution in [-0.2, 0) is 19.6 Å². The Kier molecular flexibility index (Phi) is 6.18. The van der Waals surface area contributed by atoms with E-state index in [4.69, 9.17) is 9.84 Å². The smallest absolute Gasteiger partial charge is 0.240 e. The molecule has 0 spiro atoms. The van der Waals surface area contributed by atoms with Crippen molar-refractivity contribution in [3.05, 3.63) is 0 Å². The van der Waals surface area contributed by atoms with Crippen LogP contribution < -0.4 is 4.72 Å². The lowest BCUT2D eigenvalue weighted by Crippen LogP contribution is -2.53. The van der Waals surface area contributed by atoms with E-state index in [9.17, 15) is 13.2 Å². The van der Waals surface area contributed by atoms with E-state index in [-0.39, 0.29) is 24.8 Å². The summed E-state index contributed by atoms with van der Waals surface area (Å²) in [5.74, 6) is -0.283. The highest BCUT2D eigenvalue weighted by molar-refractivity contribution is 7.89. The number of rotatable bonds is 6. The van der Waals surface area contributed by atoms with Crippen molar-refractivity contribution in [3.63, 3.8) is 0 Å². The molecule has 0 aromatic carbocycles. The van der Waals surface area contributed by atoms with Crippen LogP contribution in [-0.4, -0.2) is 68.5 Å². The maximum atomic E-state index is 12.1. The van der Waals surface area contributed by atoms with Gasteiger partial charge in [-0.2, -0.15) is 0 Å². The number of nitrogens with zero attached hydrogens (tertiary/aromatic N) is 1. The van der Waals surface area contributed by atoms with Gasteiger partial charge in [-0.3, -0.25) is 4.79 Å². The molecule has 0 aromatic heterocycles. The molecule has 7 nitrogen and oxygen atoms in total. The van der Waals surface area contributed by atoms with Crippen LogP contribution in [0.1, 0.15) is 20.3 Å². The first-order valence-corrected chi connectivity index (χ1v) is 8.06. The molecule has 1 amide bonds. The predicted octanol–water partition coefficient (Wildman–Crippen LogP) is -1.08. The third kappa shape index (κ3) is 5.06. The molecule has 1 saturated heterocycles. The van der Waals surface area contributed by atoms with Crippen LogP contribution in [0.25, 0.3) is 0 Å². The zero-order chi connectivity index (χ0) is 14.5. The summed E-state index contributed by atoms with van der Waals surface area (Å²) in [4.78, 5) is 13.6. The summed E-state index contributed by atoms with van der Waals surface area (Å²) < 4.78 is 30.8. The minimum Gasteiger partial charge on any atom is -0.394 e. The van der Waals surface area contributed by atoms with E-state index in [1.54, 1.807) is 6.92 Å². The summed E-state index contributed by atoms with van der Waals surface area (Å²) >= 11 is 0. The third-order valence-corrected chi connectivity index (χ3v) is 4.51. The Morgan fingerprint density at radius 1 is 1.58 bits per heavy atom. The monoisotopic (exact) mass is 294 g/mol. The van der Waals surface area contributed by atoms with Crippen molar-refractivity contribution >= 4 is 15.9 Å². The number of morpholine rings is 1. The Morgan fingerprint density at radius 2 is 2.26 bits per heavy atom. The molecule has 1 heterocycles. The average Bonchev–Trinajstić information content (AvgIpc) is 2.37. The van der Waals surface area contributed by atoms with E-state index in [0.29, 0.717) is 19.6 Å². The van der Waals surface area contributed by atoms with E-state index >= 15 is 0 Å². The Hall–Kier alpha value is -0.700. The van der Waals surface area contributed by atoms with Gasteiger partial charge in [-0.15, -0.1) is 0 Å². The molecule has 0 aromatic rings. The second-order valence-corrected chi connectivity index (χ2v) is 6.49. The normalized spacial score (nSPS) is 22.3. The van der Waals surface area contributed by atoms with Gasteiger partial charge in [-0.05, 0) is 13.3 Å². The van der Waals surface area contributed by atoms with Gasteiger partial charge >= 0.3 is 0 Å². The quantitative estimate of drug-likeness (QED) is 0.650. The Balaban J connectivity index is 2.57. The van der Waals surface area contributed by atoms with Crippen LogP contribution in [0, 0.1) is 0 Å². The average molecular weight is 294 g/mol. The molecule has 1 aliphatic heterocycles. The van der Waals surface area contributed by atoms with Crippen molar-refractivity contribution in [2.24, 2.45) is 0 Å². The summed E-state index contributed by atoms with van der Waals surface area (Å²) in [5, 5.41) is 9.01. The number of sulfonamides is 1. The first-order chi connectivity index (χ1) is 8.89. The first kappa shape index (κ1) is 16.4. The SMILES string of the molecule is CCCS(=O)(=O)NC(C)C(=O)N1CCOC(CO)C1. The van der Waals surface area contributed by atoms with Crippen molar-refractivity contribution in [1.29, 1.82) is 0 Å². The van der Waals surface area contributed by atoms with Gasteiger partial charge in [0.25, 0.3) is 0 Å². The number of aliphatic hydroxyl groups excluding tert-OH is 1. The summed E-state index contributed by atoms with van der Waals surface area (Å²) in [6.07, 6.45) is 0.109. The molecule has 1 aliphatic rings. The fourth-order valence-electron chi connectivity index (χ4n) is 1.95. The third-order valence-electron chi connectivity index (χ3n) is 2.85. The molecule has 0 bridgehead atoms. The molecule has 0 saturated carbocycles. The molecule has 1 fully saturated rings. The summed E-state index contributed by atoms with van der Waals surface area (Å²) in [5.41, 5.74) is 0. The Labute approximate surface area is 114 Å². The summed E-state index contributed by atoms with van der Waals surface area (Å²) in [6, 6.07) is -0.797. The van der Waals surface area contributed by atoms with Crippen LogP contribution in [0.5, 0.6) is 0 Å².